The summed E-state index contributed by atoms with van der Waals surface area (Å²) in [5.74, 6) is 0.659. The standard InChI is InChI=1S/C14H26OSi/c1-5-7-14(16(2,3)4)13-9-6-8-12(13)10-11-15/h5,12,15H,1,6-11H2,2-4H3/b14-13+. The van der Waals surface area contributed by atoms with Gasteiger partial charge in [-0.25, -0.2) is 0 Å². The number of hydrogen-bond donors (Lipinski definition) is 1. The Labute approximate surface area is 101 Å². The molecule has 1 aliphatic carbocycles. The van der Waals surface area contributed by atoms with E-state index in [2.05, 4.69) is 32.3 Å². The summed E-state index contributed by atoms with van der Waals surface area (Å²) in [4.78, 5) is 0. The highest BCUT2D eigenvalue weighted by molar-refractivity contribution is 6.83. The van der Waals surface area contributed by atoms with Crippen LogP contribution in [0.25, 0.3) is 0 Å². The van der Waals surface area contributed by atoms with Crippen molar-refractivity contribution >= 4 is 8.07 Å². The molecule has 0 spiro atoms. The minimum absolute atomic E-state index is 0.335. The molecule has 0 radical (unpaired) electrons. The largest absolute Gasteiger partial charge is 0.396 e. The predicted octanol–water partition coefficient (Wildman–Crippen LogP) is 3.92. The molecule has 1 nitrogen and oxygen atoms in total. The summed E-state index contributed by atoms with van der Waals surface area (Å²) < 4.78 is 0. The van der Waals surface area contributed by atoms with Gasteiger partial charge in [-0.2, -0.15) is 0 Å². The summed E-state index contributed by atoms with van der Waals surface area (Å²) in [7, 11) is -1.22. The van der Waals surface area contributed by atoms with Crippen LogP contribution in [0.2, 0.25) is 19.6 Å². The Kier molecular flexibility index (Phi) is 5.00. The molecule has 1 aliphatic rings. The Morgan fingerprint density at radius 3 is 2.69 bits per heavy atom. The second-order valence-corrected chi connectivity index (χ2v) is 11.0. The van der Waals surface area contributed by atoms with E-state index in [-0.39, 0.29) is 0 Å². The lowest BCUT2D eigenvalue weighted by Gasteiger charge is -2.26. The average Bonchev–Trinajstić information content (AvgIpc) is 2.61. The van der Waals surface area contributed by atoms with Crippen molar-refractivity contribution in [3.63, 3.8) is 0 Å². The topological polar surface area (TPSA) is 20.2 Å². The number of hydrogen-bond acceptors (Lipinski definition) is 1. The van der Waals surface area contributed by atoms with Crippen molar-refractivity contribution < 1.29 is 5.11 Å². The number of aliphatic hydroxyl groups is 1. The van der Waals surface area contributed by atoms with Gasteiger partial charge in [-0.1, -0.05) is 36.5 Å². The van der Waals surface area contributed by atoms with E-state index in [1.807, 2.05) is 0 Å². The highest BCUT2D eigenvalue weighted by Crippen LogP contribution is 2.39. The van der Waals surface area contributed by atoms with Crippen LogP contribution in [0.1, 0.15) is 32.1 Å². The maximum atomic E-state index is 9.13. The second kappa shape index (κ2) is 5.83. The molecule has 1 unspecified atom stereocenters. The van der Waals surface area contributed by atoms with Crippen molar-refractivity contribution in [2.75, 3.05) is 6.61 Å². The fraction of sp³-hybridized carbons (Fsp3) is 0.714. The summed E-state index contributed by atoms with van der Waals surface area (Å²) >= 11 is 0. The predicted molar refractivity (Wildman–Crippen MR) is 74.2 cm³/mol. The van der Waals surface area contributed by atoms with Gasteiger partial charge in [0.05, 0.1) is 8.07 Å². The molecule has 1 N–H and O–H groups in total. The first-order valence-corrected chi connectivity index (χ1v) is 9.95. The molecule has 16 heavy (non-hydrogen) atoms. The monoisotopic (exact) mass is 238 g/mol. The van der Waals surface area contributed by atoms with Gasteiger partial charge in [0.2, 0.25) is 0 Å². The highest BCUT2D eigenvalue weighted by Gasteiger charge is 2.28. The van der Waals surface area contributed by atoms with Crippen molar-refractivity contribution in [2.24, 2.45) is 5.92 Å². The van der Waals surface area contributed by atoms with E-state index in [0.29, 0.717) is 12.5 Å². The molecule has 0 aromatic heterocycles. The molecule has 1 saturated carbocycles. The van der Waals surface area contributed by atoms with Crippen molar-refractivity contribution in [1.82, 2.24) is 0 Å². The van der Waals surface area contributed by atoms with Crippen LogP contribution in [0.5, 0.6) is 0 Å². The van der Waals surface area contributed by atoms with Crippen LogP contribution in [0, 0.1) is 5.92 Å². The van der Waals surface area contributed by atoms with Gasteiger partial charge < -0.3 is 5.11 Å². The summed E-state index contributed by atoms with van der Waals surface area (Å²) in [5, 5.41) is 10.8. The Hall–Kier alpha value is -0.343. The minimum atomic E-state index is -1.22. The van der Waals surface area contributed by atoms with Crippen LogP contribution in [0.3, 0.4) is 0 Å². The van der Waals surface area contributed by atoms with Gasteiger partial charge in [-0.3, -0.25) is 0 Å². The Morgan fingerprint density at radius 2 is 2.19 bits per heavy atom. The van der Waals surface area contributed by atoms with Gasteiger partial charge in [-0.15, -0.1) is 6.58 Å². The summed E-state index contributed by atoms with van der Waals surface area (Å²) in [6, 6.07) is 0. The number of rotatable bonds is 5. The Morgan fingerprint density at radius 1 is 1.50 bits per heavy atom. The van der Waals surface area contributed by atoms with Crippen LogP contribution in [0.15, 0.2) is 23.4 Å². The molecule has 1 fully saturated rings. The summed E-state index contributed by atoms with van der Waals surface area (Å²) in [5.41, 5.74) is 1.67. The third kappa shape index (κ3) is 3.32. The molecule has 2 heteroatoms. The smallest absolute Gasteiger partial charge is 0.0728 e. The van der Waals surface area contributed by atoms with Crippen LogP contribution in [0.4, 0.5) is 0 Å². The van der Waals surface area contributed by atoms with Gasteiger partial charge >= 0.3 is 0 Å². The molecule has 0 heterocycles. The quantitative estimate of drug-likeness (QED) is 0.568. The van der Waals surface area contributed by atoms with E-state index in [1.165, 1.54) is 19.3 Å². The van der Waals surface area contributed by atoms with Crippen LogP contribution in [-0.2, 0) is 0 Å². The van der Waals surface area contributed by atoms with E-state index in [4.69, 9.17) is 5.11 Å². The highest BCUT2D eigenvalue weighted by atomic mass is 28.3. The zero-order chi connectivity index (χ0) is 12.2. The second-order valence-electron chi connectivity index (χ2n) is 5.85. The molecule has 0 aliphatic heterocycles. The van der Waals surface area contributed by atoms with Crippen LogP contribution in [-0.4, -0.2) is 19.8 Å². The molecule has 1 atom stereocenters. The molecule has 92 valence electrons. The van der Waals surface area contributed by atoms with Crippen molar-refractivity contribution in [1.29, 1.82) is 0 Å². The lowest BCUT2D eigenvalue weighted by Crippen LogP contribution is -2.26. The van der Waals surface area contributed by atoms with E-state index >= 15 is 0 Å². The molecular weight excluding hydrogens is 212 g/mol. The number of allylic oxidation sites excluding steroid dienone is 3. The average molecular weight is 238 g/mol. The van der Waals surface area contributed by atoms with Crippen LogP contribution >= 0.6 is 0 Å². The molecule has 0 bridgehead atoms. The Balaban J connectivity index is 2.99. The number of aliphatic hydroxyl groups excluding tert-OH is 1. The van der Waals surface area contributed by atoms with E-state index in [9.17, 15) is 0 Å². The SMILES string of the molecule is C=CC/C(=C1/CCCC1CCO)[Si](C)(C)C. The van der Waals surface area contributed by atoms with E-state index in [1.54, 1.807) is 10.8 Å². The maximum absolute atomic E-state index is 9.13. The molecule has 0 aromatic carbocycles. The van der Waals surface area contributed by atoms with Crippen molar-refractivity contribution in [2.45, 2.75) is 51.7 Å². The zero-order valence-electron chi connectivity index (χ0n) is 11.1. The van der Waals surface area contributed by atoms with Gasteiger partial charge in [-0.05, 0) is 38.0 Å². The molecule has 0 saturated heterocycles. The van der Waals surface area contributed by atoms with Crippen molar-refractivity contribution in [3.8, 4) is 0 Å². The van der Waals surface area contributed by atoms with E-state index < -0.39 is 8.07 Å². The van der Waals surface area contributed by atoms with Gasteiger partial charge in [0.25, 0.3) is 0 Å². The van der Waals surface area contributed by atoms with Gasteiger partial charge in [0.1, 0.15) is 0 Å². The summed E-state index contributed by atoms with van der Waals surface area (Å²) in [6.45, 7) is 11.5. The lowest BCUT2D eigenvalue weighted by molar-refractivity contribution is 0.268. The first-order valence-electron chi connectivity index (χ1n) is 6.45. The normalized spacial score (nSPS) is 24.6. The first kappa shape index (κ1) is 13.7. The third-order valence-corrected chi connectivity index (χ3v) is 5.95. The fourth-order valence-corrected chi connectivity index (χ4v) is 4.90. The van der Waals surface area contributed by atoms with Gasteiger partial charge in [0, 0.05) is 6.61 Å². The Bertz CT molecular complexity index is 273. The molecule has 0 amide bonds. The lowest BCUT2D eigenvalue weighted by atomic mass is 9.98. The first-order chi connectivity index (χ1) is 7.50. The molecule has 1 rings (SSSR count). The summed E-state index contributed by atoms with van der Waals surface area (Å²) in [6.07, 6.45) is 7.92. The third-order valence-electron chi connectivity index (χ3n) is 3.61. The minimum Gasteiger partial charge on any atom is -0.396 e. The van der Waals surface area contributed by atoms with Gasteiger partial charge in [0.15, 0.2) is 0 Å². The van der Waals surface area contributed by atoms with Crippen molar-refractivity contribution in [3.05, 3.63) is 23.4 Å². The molecular formula is C14H26OSi. The fourth-order valence-electron chi connectivity index (χ4n) is 2.85. The van der Waals surface area contributed by atoms with Crippen LogP contribution < -0.4 is 0 Å². The zero-order valence-corrected chi connectivity index (χ0v) is 12.1. The maximum Gasteiger partial charge on any atom is 0.0728 e. The molecule has 0 aromatic rings. The van der Waals surface area contributed by atoms with E-state index in [0.717, 1.165) is 12.8 Å².